The summed E-state index contributed by atoms with van der Waals surface area (Å²) in [5.41, 5.74) is 6.20. The minimum absolute atomic E-state index is 0. The molecule has 0 saturated heterocycles. The summed E-state index contributed by atoms with van der Waals surface area (Å²) in [5.74, 6) is 1.65. The minimum Gasteiger partial charge on any atom is -0.507 e. The topological polar surface area (TPSA) is 65.2 Å². The van der Waals surface area contributed by atoms with Gasteiger partial charge in [0, 0.05) is 40.3 Å². The largest absolute Gasteiger partial charge is 0.507 e. The van der Waals surface area contributed by atoms with Crippen LogP contribution < -0.4 is 0 Å². The SMILES string of the molecule is CCCCC(CCCC)c1cc(C)c(O)c(C=NCCN=Cc2cc(C(CCC[N+](CCCC)(CCCC)CCCC)CCC[N+](CCCC)(CCCC)CCCC)cc(C)c2O)c1.[CH3-].[CH3-].[CH3-].[CH3-].[CH3-].[Co]. The molecule has 0 unspecified atom stereocenters. The first-order valence-electron chi connectivity index (χ1n) is 27.4. The molecule has 1 radical (unpaired) electrons. The third-order valence-electron chi connectivity index (χ3n) is 14.6. The van der Waals surface area contributed by atoms with Crippen LogP contribution in [0.4, 0.5) is 0 Å². The molecular formula is C63H119CoN4O2-3. The Morgan fingerprint density at radius 1 is 0.400 bits per heavy atom. The molecule has 0 amide bonds. The Hall–Kier alpha value is -2.19. The predicted molar refractivity (Wildman–Crippen MR) is 315 cm³/mol. The molecule has 0 aliphatic carbocycles. The van der Waals surface area contributed by atoms with Crippen LogP contribution >= 0.6 is 0 Å². The second kappa shape index (κ2) is 45.4. The van der Waals surface area contributed by atoms with Gasteiger partial charge in [-0.15, -0.1) is 0 Å². The third kappa shape index (κ3) is 28.3. The third-order valence-corrected chi connectivity index (χ3v) is 14.6. The number of hydrogen-bond acceptors (Lipinski definition) is 4. The van der Waals surface area contributed by atoms with E-state index in [0.29, 0.717) is 36.4 Å². The number of rotatable bonds is 39. The van der Waals surface area contributed by atoms with Crippen molar-refractivity contribution in [1.29, 1.82) is 0 Å². The Labute approximate surface area is 450 Å². The van der Waals surface area contributed by atoms with Crippen molar-refractivity contribution in [3.63, 3.8) is 0 Å². The average molecular weight is 1020 g/mol. The van der Waals surface area contributed by atoms with Crippen molar-refractivity contribution >= 4 is 12.4 Å². The van der Waals surface area contributed by atoms with Crippen LogP contribution in [0.3, 0.4) is 0 Å². The number of aliphatic imine (C=N–C) groups is 2. The summed E-state index contributed by atoms with van der Waals surface area (Å²) in [4.78, 5) is 9.56. The standard InChI is InChI=1S/C58H102N4O2.5CH3.Co/c1-11-19-29-51(30-20-12-2)53-43-49(9)57(63)55(45-53)47-59-33-34-60-48-56-46-54(44-50(10)58(56)64)52(31-27-41-61(35-21-13-3,36-22-14-4)37-23-15-5)32-28-42-62(38-24-16-6,39-25-17-7)40-26-18-8;;;;;;/h43-48,51-52H,11-42H2,1-10H3;5*1H3;/q;5*-1;/p+2. The van der Waals surface area contributed by atoms with Gasteiger partial charge in [-0.2, -0.15) is 0 Å². The summed E-state index contributed by atoms with van der Waals surface area (Å²) in [5, 5.41) is 22.4. The van der Waals surface area contributed by atoms with Crippen LogP contribution in [0.25, 0.3) is 0 Å². The molecule has 2 N–H and O–H groups in total. The van der Waals surface area contributed by atoms with Crippen molar-refractivity contribution in [2.75, 3.05) is 65.4 Å². The van der Waals surface area contributed by atoms with Crippen LogP contribution in [-0.4, -0.2) is 97.1 Å². The molecule has 415 valence electrons. The quantitative estimate of drug-likeness (QED) is 0.0303. The van der Waals surface area contributed by atoms with Crippen LogP contribution in [0.2, 0.25) is 0 Å². The van der Waals surface area contributed by atoms with Crippen LogP contribution in [0, 0.1) is 51.0 Å². The summed E-state index contributed by atoms with van der Waals surface area (Å²) >= 11 is 0. The average Bonchev–Trinajstić information content (AvgIpc) is 3.30. The van der Waals surface area contributed by atoms with E-state index < -0.39 is 0 Å². The summed E-state index contributed by atoms with van der Waals surface area (Å²) in [6, 6.07) is 8.90. The van der Waals surface area contributed by atoms with Crippen molar-refractivity contribution in [2.45, 2.75) is 222 Å². The normalized spacial score (nSPS) is 11.5. The number of unbranched alkanes of at least 4 members (excludes halogenated alkanes) is 8. The number of phenolic OH excluding ortho intramolecular Hbond substituents is 2. The van der Waals surface area contributed by atoms with Crippen molar-refractivity contribution in [2.24, 2.45) is 9.98 Å². The molecule has 0 aromatic heterocycles. The van der Waals surface area contributed by atoms with Crippen molar-refractivity contribution in [3.05, 3.63) is 94.8 Å². The Balaban J connectivity index is -0.00000235. The number of hydrogen-bond donors (Lipinski definition) is 2. The van der Waals surface area contributed by atoms with Crippen molar-refractivity contribution < 1.29 is 36.0 Å². The summed E-state index contributed by atoms with van der Waals surface area (Å²) in [6.07, 6.45) is 31.4. The van der Waals surface area contributed by atoms with E-state index in [1.165, 1.54) is 214 Å². The maximum absolute atomic E-state index is 11.4. The second-order valence-corrected chi connectivity index (χ2v) is 20.2. The fourth-order valence-corrected chi connectivity index (χ4v) is 10.3. The number of benzene rings is 2. The monoisotopic (exact) mass is 1020 g/mol. The molecule has 0 bridgehead atoms. The molecule has 2 rings (SSSR count). The van der Waals surface area contributed by atoms with Gasteiger partial charge in [0.15, 0.2) is 0 Å². The van der Waals surface area contributed by atoms with Crippen molar-refractivity contribution in [3.8, 4) is 11.5 Å². The van der Waals surface area contributed by atoms with E-state index in [4.69, 9.17) is 9.98 Å². The molecule has 0 aliphatic heterocycles. The maximum atomic E-state index is 11.4. The molecule has 0 fully saturated rings. The van der Waals surface area contributed by atoms with Crippen LogP contribution in [-0.2, 0) is 16.8 Å². The van der Waals surface area contributed by atoms with Crippen LogP contribution in [0.1, 0.15) is 242 Å². The first-order valence-corrected chi connectivity index (χ1v) is 27.4. The number of aryl methyl sites for hydroxylation is 2. The fourth-order valence-electron chi connectivity index (χ4n) is 10.3. The Morgan fingerprint density at radius 2 is 0.643 bits per heavy atom. The minimum atomic E-state index is 0. The van der Waals surface area contributed by atoms with Gasteiger partial charge in [0.1, 0.15) is 11.5 Å². The number of aromatic hydroxyl groups is 2. The molecule has 0 atom stereocenters. The summed E-state index contributed by atoms with van der Waals surface area (Å²) in [7, 11) is 0. The van der Waals surface area contributed by atoms with E-state index in [9.17, 15) is 10.2 Å². The molecule has 0 spiro atoms. The molecule has 2 aromatic carbocycles. The van der Waals surface area contributed by atoms with Gasteiger partial charge in [0.25, 0.3) is 0 Å². The molecule has 0 saturated carbocycles. The van der Waals surface area contributed by atoms with Crippen LogP contribution in [0.5, 0.6) is 11.5 Å². The predicted octanol–water partition coefficient (Wildman–Crippen LogP) is 18.0. The molecule has 0 heterocycles. The van der Waals surface area contributed by atoms with Gasteiger partial charge < -0.3 is 56.3 Å². The summed E-state index contributed by atoms with van der Waals surface area (Å²) < 4.78 is 2.59. The first-order chi connectivity index (χ1) is 31.0. The number of phenols is 2. The number of nitrogens with zero attached hydrogens (tertiary/aromatic N) is 4. The van der Waals surface area contributed by atoms with Crippen molar-refractivity contribution in [1.82, 2.24) is 0 Å². The summed E-state index contributed by atoms with van der Waals surface area (Å²) in [6.45, 7) is 34.3. The van der Waals surface area contributed by atoms with Crippen LogP contribution in [0.15, 0.2) is 34.3 Å². The zero-order valence-corrected chi connectivity index (χ0v) is 50.3. The molecule has 70 heavy (non-hydrogen) atoms. The molecule has 7 heteroatoms. The Morgan fingerprint density at radius 3 is 0.900 bits per heavy atom. The van der Waals surface area contributed by atoms with E-state index in [1.807, 2.05) is 19.4 Å². The van der Waals surface area contributed by atoms with E-state index in [2.05, 4.69) is 86.6 Å². The number of quaternary nitrogens is 2. The smallest absolute Gasteiger partial charge is 0.127 e. The van der Waals surface area contributed by atoms with Gasteiger partial charge in [0.2, 0.25) is 0 Å². The van der Waals surface area contributed by atoms with Gasteiger partial charge in [-0.3, -0.25) is 9.98 Å². The van der Waals surface area contributed by atoms with Gasteiger partial charge in [-0.25, -0.2) is 0 Å². The zero-order valence-electron chi connectivity index (χ0n) is 49.3. The fraction of sp³-hybridized carbons (Fsp3) is 0.698. The zero-order chi connectivity index (χ0) is 47.1. The van der Waals surface area contributed by atoms with Gasteiger partial charge in [0.05, 0.1) is 65.4 Å². The van der Waals surface area contributed by atoms with Gasteiger partial charge >= 0.3 is 0 Å². The Kier molecular flexibility index (Phi) is 49.8. The maximum Gasteiger partial charge on any atom is 0.127 e. The molecular weight excluding hydrogens is 904 g/mol. The van der Waals surface area contributed by atoms with E-state index in [1.54, 1.807) is 0 Å². The van der Waals surface area contributed by atoms with E-state index in [-0.39, 0.29) is 53.9 Å². The van der Waals surface area contributed by atoms with Gasteiger partial charge in [-0.05, 0) is 137 Å². The van der Waals surface area contributed by atoms with Gasteiger partial charge in [-0.1, -0.05) is 132 Å². The Bertz CT molecular complexity index is 1480. The van der Waals surface area contributed by atoms with E-state index >= 15 is 0 Å². The molecule has 0 aliphatic rings. The molecule has 2 aromatic rings. The first kappa shape index (κ1) is 76.7. The van der Waals surface area contributed by atoms with E-state index in [0.717, 1.165) is 22.3 Å². The second-order valence-electron chi connectivity index (χ2n) is 20.2. The molecule has 6 nitrogen and oxygen atoms in total.